The molecule has 0 heterocycles. The number of methoxy groups -OCH3 is 2. The van der Waals surface area contributed by atoms with Crippen molar-refractivity contribution >= 4 is 17.2 Å². The molecule has 6 aromatic carbocycles. The first kappa shape index (κ1) is 50.0. The van der Waals surface area contributed by atoms with E-state index in [1.54, 1.807) is 14.2 Å². The van der Waals surface area contributed by atoms with E-state index in [4.69, 9.17) is 36.6 Å². The van der Waals surface area contributed by atoms with E-state index < -0.39 is 17.2 Å². The highest BCUT2D eigenvalue weighted by Crippen LogP contribution is 2.53. The van der Waals surface area contributed by atoms with Gasteiger partial charge in [-0.15, -0.1) is 0 Å². The molecular weight excluding hydrogens is 863 g/mol. The minimum atomic E-state index is -2.15. The SMILES string of the molecule is COc1ccc(OP(Oc2ccccc2-c2ccccc2OP(Oc2ccc(C)cc2C(C)(C)C)Oc2ccc(C)cc2C(C)(C)C)Oc2ccc(OC)cc2C(C)(C)C)c(C(C)(C)C)c1. The summed E-state index contributed by atoms with van der Waals surface area (Å²) in [6.07, 6.45) is 0. The van der Waals surface area contributed by atoms with Crippen LogP contribution < -0.4 is 36.6 Å². The second kappa shape index (κ2) is 20.2. The fourth-order valence-electron chi connectivity index (χ4n) is 7.35. The molecule has 6 rings (SSSR count). The highest BCUT2D eigenvalue weighted by molar-refractivity contribution is 7.43. The van der Waals surface area contributed by atoms with Crippen LogP contribution in [-0.2, 0) is 21.7 Å². The Morgan fingerprint density at radius 2 is 0.591 bits per heavy atom. The topological polar surface area (TPSA) is 73.8 Å². The van der Waals surface area contributed by atoms with Crippen molar-refractivity contribution in [3.63, 3.8) is 0 Å². The van der Waals surface area contributed by atoms with Crippen molar-refractivity contribution in [1.29, 1.82) is 0 Å². The summed E-state index contributed by atoms with van der Waals surface area (Å²) in [5.74, 6) is 5.19. The van der Waals surface area contributed by atoms with Crippen LogP contribution in [0.25, 0.3) is 11.1 Å². The molecule has 0 radical (unpaired) electrons. The van der Waals surface area contributed by atoms with E-state index in [-0.39, 0.29) is 21.7 Å². The monoisotopic (exact) mass is 930 g/mol. The molecule has 0 amide bonds. The van der Waals surface area contributed by atoms with Gasteiger partial charge in [0.05, 0.1) is 14.2 Å². The molecule has 0 atom stereocenters. The second-order valence-electron chi connectivity index (χ2n) is 20.7. The molecule has 0 aliphatic heterocycles. The molecule has 10 heteroatoms. The molecule has 0 aliphatic carbocycles. The first-order valence-electron chi connectivity index (χ1n) is 22.4. The van der Waals surface area contributed by atoms with Crippen LogP contribution in [0.2, 0.25) is 0 Å². The summed E-state index contributed by atoms with van der Waals surface area (Å²) in [6, 6.07) is 39.8. The van der Waals surface area contributed by atoms with E-state index in [2.05, 4.69) is 121 Å². The van der Waals surface area contributed by atoms with Gasteiger partial charge in [0.1, 0.15) is 46.0 Å². The van der Waals surface area contributed by atoms with Crippen LogP contribution in [0.15, 0.2) is 121 Å². The van der Waals surface area contributed by atoms with Crippen LogP contribution in [0, 0.1) is 13.8 Å². The maximum atomic E-state index is 6.99. The molecule has 0 unspecified atom stereocenters. The van der Waals surface area contributed by atoms with Gasteiger partial charge >= 0.3 is 17.2 Å². The lowest BCUT2D eigenvalue weighted by atomic mass is 9.85. The molecule has 0 spiro atoms. The number of hydrogen-bond donors (Lipinski definition) is 0. The van der Waals surface area contributed by atoms with Gasteiger partial charge in [0.25, 0.3) is 0 Å². The predicted octanol–water partition coefficient (Wildman–Crippen LogP) is 16.7. The molecule has 0 fully saturated rings. The van der Waals surface area contributed by atoms with Crippen LogP contribution in [0.5, 0.6) is 46.0 Å². The van der Waals surface area contributed by atoms with Gasteiger partial charge in [0.15, 0.2) is 0 Å². The number of ether oxygens (including phenoxy) is 2. The van der Waals surface area contributed by atoms with Gasteiger partial charge in [-0.1, -0.05) is 155 Å². The number of para-hydroxylation sites is 2. The van der Waals surface area contributed by atoms with Gasteiger partial charge in [0.2, 0.25) is 0 Å². The van der Waals surface area contributed by atoms with E-state index in [0.717, 1.165) is 56.0 Å². The average molecular weight is 931 g/mol. The van der Waals surface area contributed by atoms with Crippen molar-refractivity contribution in [2.24, 2.45) is 0 Å². The lowest BCUT2D eigenvalue weighted by Crippen LogP contribution is -2.16. The number of benzene rings is 6. The minimum Gasteiger partial charge on any atom is -0.497 e. The van der Waals surface area contributed by atoms with Crippen molar-refractivity contribution in [2.75, 3.05) is 14.2 Å². The normalized spacial score (nSPS) is 12.2. The Balaban J connectivity index is 1.45. The molecule has 8 nitrogen and oxygen atoms in total. The van der Waals surface area contributed by atoms with Gasteiger partial charge in [-0.2, -0.15) is 0 Å². The third-order valence-corrected chi connectivity index (χ3v) is 13.1. The first-order valence-corrected chi connectivity index (χ1v) is 24.6. The van der Waals surface area contributed by atoms with Crippen LogP contribution in [0.1, 0.15) is 116 Å². The maximum Gasteiger partial charge on any atom is 0.530 e. The van der Waals surface area contributed by atoms with Gasteiger partial charge in [-0.25, -0.2) is 0 Å². The highest BCUT2D eigenvalue weighted by Gasteiger charge is 2.32. The summed E-state index contributed by atoms with van der Waals surface area (Å²) in [6.45, 7) is 30.1. The van der Waals surface area contributed by atoms with Crippen molar-refractivity contribution in [3.8, 4) is 57.1 Å². The Hall–Kier alpha value is -5.42. The van der Waals surface area contributed by atoms with E-state index in [0.29, 0.717) is 34.5 Å². The molecule has 0 aliphatic rings. The van der Waals surface area contributed by atoms with Crippen LogP contribution in [0.3, 0.4) is 0 Å². The molecule has 0 bridgehead atoms. The first-order chi connectivity index (χ1) is 30.9. The van der Waals surface area contributed by atoms with Crippen molar-refractivity contribution in [1.82, 2.24) is 0 Å². The largest absolute Gasteiger partial charge is 0.530 e. The van der Waals surface area contributed by atoms with E-state index in [9.17, 15) is 0 Å². The number of rotatable bonds is 15. The Kier molecular flexibility index (Phi) is 15.3. The third-order valence-electron chi connectivity index (χ3n) is 11.0. The van der Waals surface area contributed by atoms with E-state index >= 15 is 0 Å². The number of hydrogen-bond acceptors (Lipinski definition) is 8. The van der Waals surface area contributed by atoms with Crippen molar-refractivity contribution < 1.29 is 36.6 Å². The molecular formula is C56H68O8P2. The predicted molar refractivity (Wildman–Crippen MR) is 273 cm³/mol. The van der Waals surface area contributed by atoms with Crippen LogP contribution in [0.4, 0.5) is 0 Å². The lowest BCUT2D eigenvalue weighted by molar-refractivity contribution is 0.372. The van der Waals surface area contributed by atoms with Crippen LogP contribution >= 0.6 is 17.2 Å². The van der Waals surface area contributed by atoms with Gasteiger partial charge in [0, 0.05) is 33.4 Å². The minimum absolute atomic E-state index is 0.210. The summed E-state index contributed by atoms with van der Waals surface area (Å²) in [4.78, 5) is 0. The molecule has 350 valence electrons. The molecule has 0 saturated carbocycles. The fraction of sp³-hybridized carbons (Fsp3) is 0.357. The summed E-state index contributed by atoms with van der Waals surface area (Å²) in [5.41, 5.74) is 6.80. The van der Waals surface area contributed by atoms with Gasteiger partial charge in [-0.05, 0) is 96.2 Å². The molecule has 0 aromatic heterocycles. The highest BCUT2D eigenvalue weighted by atomic mass is 31.2. The molecule has 0 N–H and O–H groups in total. The van der Waals surface area contributed by atoms with Crippen LogP contribution in [-0.4, -0.2) is 14.2 Å². The summed E-state index contributed by atoms with van der Waals surface area (Å²) < 4.78 is 52.8. The Morgan fingerprint density at radius 3 is 0.894 bits per heavy atom. The Labute approximate surface area is 396 Å². The Bertz CT molecular complexity index is 2480. The van der Waals surface area contributed by atoms with E-state index in [1.807, 2.05) is 97.1 Å². The zero-order chi connectivity index (χ0) is 48.2. The zero-order valence-electron chi connectivity index (χ0n) is 41.7. The maximum absolute atomic E-state index is 6.99. The van der Waals surface area contributed by atoms with Gasteiger partial charge < -0.3 is 36.6 Å². The average Bonchev–Trinajstić information content (AvgIpc) is 3.24. The second-order valence-corrected chi connectivity index (χ2v) is 22.7. The quantitative estimate of drug-likeness (QED) is 0.0943. The molecule has 6 aromatic rings. The molecule has 66 heavy (non-hydrogen) atoms. The van der Waals surface area contributed by atoms with E-state index in [1.165, 1.54) is 0 Å². The summed E-state index contributed by atoms with van der Waals surface area (Å²) in [5, 5.41) is 0. The standard InChI is InChI=1S/C56H68O8P2/c1-37-25-29-49(43(33-37)53(3,4)5)61-65(62-50-30-26-38(2)34-44(50)54(6,7)8)59-47-23-19-17-21-41(47)42-22-18-20-24-48(42)60-66(63-51-31-27-39(57-15)35-45(51)55(9,10)11)64-52-32-28-40(58-16)36-46(52)56(12,13)14/h17-36H,1-16H3. The smallest absolute Gasteiger partial charge is 0.497 e. The van der Waals surface area contributed by atoms with Crippen molar-refractivity contribution in [3.05, 3.63) is 155 Å². The lowest BCUT2D eigenvalue weighted by Gasteiger charge is -2.28. The Morgan fingerprint density at radius 1 is 0.318 bits per heavy atom. The zero-order valence-corrected chi connectivity index (χ0v) is 43.5. The number of aryl methyl sites for hydroxylation is 2. The molecule has 0 saturated heterocycles. The van der Waals surface area contributed by atoms with Gasteiger partial charge in [-0.3, -0.25) is 0 Å². The van der Waals surface area contributed by atoms with Crippen molar-refractivity contribution in [2.45, 2.75) is 119 Å². The fourth-order valence-corrected chi connectivity index (χ4v) is 9.50. The third kappa shape index (κ3) is 12.5. The summed E-state index contributed by atoms with van der Waals surface area (Å²) in [7, 11) is -0.901. The summed E-state index contributed by atoms with van der Waals surface area (Å²) >= 11 is 0.